The summed E-state index contributed by atoms with van der Waals surface area (Å²) in [6.07, 6.45) is 3.92. The zero-order chi connectivity index (χ0) is 58.8. The van der Waals surface area contributed by atoms with Gasteiger partial charge in [0.2, 0.25) is 0 Å². The molecule has 0 aliphatic carbocycles. The number of halogens is 9. The normalized spacial score (nSPS) is 12.2. The maximum Gasteiger partial charge on any atom is 1.00 e. The Morgan fingerprint density at radius 2 is 0.744 bits per heavy atom. The fraction of sp³-hybridized carbons (Fsp3) is 0.135. The van der Waals surface area contributed by atoms with Crippen LogP contribution in [0.3, 0.4) is 0 Å². The Balaban J connectivity index is 0.000000186. The monoisotopic (exact) mass is 1390 g/mol. The van der Waals surface area contributed by atoms with Gasteiger partial charge in [0, 0.05) is 58.5 Å². The molecule has 4 N–H and O–H groups in total. The summed E-state index contributed by atoms with van der Waals surface area (Å²) in [6.45, 7) is 4.56. The third-order valence-corrected chi connectivity index (χ3v) is 15.6. The molecule has 9 aromatic rings. The summed E-state index contributed by atoms with van der Waals surface area (Å²) in [5.74, 6) is -6.98. The summed E-state index contributed by atoms with van der Waals surface area (Å²) < 4.78 is 86.8. The Hall–Kier alpha value is -5.76. The minimum Gasteiger partial charge on any atom is -0.543 e. The minimum atomic E-state index is -4.13. The number of thioether (sulfide) groups is 3. The number of carboxylic acids is 3. The molecule has 0 saturated carbocycles. The number of rotatable bonds is 12. The number of hydrogen-bond donors (Lipinski definition) is 4. The molecule has 0 spiro atoms. The SMILES string of the molecule is C1CNCCN1.N#Cc1ccc(-n2c(Br)cnc2SC(F)(F)C(=O)O)c2ccccc12.N#Cc1ccc(-n2c(Br)cnc2SC(F)(F)C(=O)O)c2ccccc12.N#Cc1ccc(-n2c(Br)cnc2SC(F)(F)C(=O)[O-])c2ccccc12.[K+]. The largest absolute Gasteiger partial charge is 1.00 e. The minimum absolute atomic E-state index is 0. The number of carboxylic acid groups (broad SMARTS) is 3. The molecule has 0 amide bonds. The van der Waals surface area contributed by atoms with E-state index in [-0.39, 0.29) is 102 Å². The van der Waals surface area contributed by atoms with E-state index in [9.17, 15) is 61.6 Å². The number of alkyl halides is 6. The number of carbonyl (C=O) groups excluding carboxylic acids is 1. The summed E-state index contributed by atoms with van der Waals surface area (Å²) in [4.78, 5) is 43.7. The van der Waals surface area contributed by atoms with Crippen molar-refractivity contribution in [2.45, 2.75) is 31.2 Å². The molecule has 1 aliphatic heterocycles. The molecule has 414 valence electrons. The van der Waals surface area contributed by atoms with Crippen LogP contribution in [-0.4, -0.2) is 98.7 Å². The van der Waals surface area contributed by atoms with Gasteiger partial charge in [0.1, 0.15) is 19.8 Å². The van der Waals surface area contributed by atoms with Crippen LogP contribution < -0.4 is 67.1 Å². The van der Waals surface area contributed by atoms with Crippen molar-refractivity contribution in [1.29, 1.82) is 15.8 Å². The molecular weight excluding hydrogens is 1360 g/mol. The molecule has 0 bridgehead atoms. The van der Waals surface area contributed by atoms with E-state index >= 15 is 0 Å². The Bertz CT molecular complexity index is 3600. The van der Waals surface area contributed by atoms with Gasteiger partial charge in [-0.1, -0.05) is 72.8 Å². The summed E-state index contributed by atoms with van der Waals surface area (Å²) in [6, 6.07) is 36.8. The number of nitrogens with zero attached hydrogens (tertiary/aromatic N) is 9. The summed E-state index contributed by atoms with van der Waals surface area (Å²) in [5, 5.41) is 53.2. The first-order valence-corrected chi connectivity index (χ1v) is 27.6. The van der Waals surface area contributed by atoms with Crippen molar-refractivity contribution in [2.24, 2.45) is 0 Å². The Kier molecular flexibility index (Phi) is 22.9. The first-order valence-electron chi connectivity index (χ1n) is 22.8. The molecule has 30 heteroatoms. The van der Waals surface area contributed by atoms with Crippen LogP contribution in [-0.2, 0) is 14.4 Å². The predicted octanol–water partition coefficient (Wildman–Crippen LogP) is 8.14. The topological polar surface area (TPSA) is 264 Å². The molecule has 1 aliphatic rings. The molecule has 3 aromatic heterocycles. The molecule has 0 radical (unpaired) electrons. The maximum atomic E-state index is 13.6. The number of aliphatic carboxylic acids is 3. The molecule has 10 rings (SSSR count). The summed E-state index contributed by atoms with van der Waals surface area (Å²) in [5.41, 5.74) is 2.81. The van der Waals surface area contributed by atoms with E-state index in [0.717, 1.165) is 26.2 Å². The third kappa shape index (κ3) is 15.1. The average molecular weight is 1400 g/mol. The van der Waals surface area contributed by atoms with Crippen LogP contribution in [0.25, 0.3) is 49.4 Å². The van der Waals surface area contributed by atoms with Crippen LogP contribution in [0.2, 0.25) is 0 Å². The van der Waals surface area contributed by atoms with Crippen molar-refractivity contribution in [3.8, 4) is 35.3 Å². The number of nitriles is 3. The molecule has 6 aromatic carbocycles. The second kappa shape index (κ2) is 28.7. The molecule has 0 atom stereocenters. The standard InChI is InChI=1S/3C16H8BrF2N3O2S.C4H10N2.K/c3*17-13-8-21-15(25-16(18,19)14(23)24)22(13)12-6-5-9(7-20)10-3-1-2-4-11(10)12;1-2-6-4-3-5-1;/h3*1-6,8H,(H,23,24);5-6H,1-4H2;/q;;;;+1/p-1. The van der Waals surface area contributed by atoms with E-state index in [4.69, 9.17) is 10.2 Å². The van der Waals surface area contributed by atoms with Crippen LogP contribution in [0.5, 0.6) is 0 Å². The molecule has 4 heterocycles. The van der Waals surface area contributed by atoms with Gasteiger partial charge in [-0.15, -0.1) is 0 Å². The van der Waals surface area contributed by atoms with Gasteiger partial charge < -0.3 is 30.7 Å². The average Bonchev–Trinajstić information content (AvgIpc) is 4.04. The van der Waals surface area contributed by atoms with E-state index in [1.54, 1.807) is 109 Å². The van der Waals surface area contributed by atoms with E-state index in [0.29, 0.717) is 79.9 Å². The Morgan fingerprint density at radius 1 is 0.488 bits per heavy atom. The number of aromatic nitrogens is 6. The zero-order valence-electron chi connectivity index (χ0n) is 41.6. The summed E-state index contributed by atoms with van der Waals surface area (Å²) >= 11 is 9.19. The Labute approximate surface area is 540 Å². The number of piperazine rings is 1. The fourth-order valence-corrected chi connectivity index (χ4v) is 11.5. The van der Waals surface area contributed by atoms with Crippen LogP contribution >= 0.6 is 83.1 Å². The molecule has 17 nitrogen and oxygen atoms in total. The second-order valence-corrected chi connectivity index (χ2v) is 21.9. The first kappa shape index (κ1) is 65.4. The number of benzene rings is 6. The van der Waals surface area contributed by atoms with Gasteiger partial charge in [0.25, 0.3) is 0 Å². The van der Waals surface area contributed by atoms with Crippen LogP contribution in [0.1, 0.15) is 16.7 Å². The van der Waals surface area contributed by atoms with Crippen molar-refractivity contribution < 1.29 is 107 Å². The van der Waals surface area contributed by atoms with Crippen molar-refractivity contribution in [2.75, 3.05) is 26.2 Å². The smallest absolute Gasteiger partial charge is 0.543 e. The van der Waals surface area contributed by atoms with Crippen molar-refractivity contribution >= 4 is 133 Å². The van der Waals surface area contributed by atoms with Gasteiger partial charge in [-0.3, -0.25) is 13.7 Å². The number of hydrogen-bond acceptors (Lipinski definition) is 15. The van der Waals surface area contributed by atoms with E-state index in [1.807, 2.05) is 0 Å². The molecule has 82 heavy (non-hydrogen) atoms. The van der Waals surface area contributed by atoms with Gasteiger partial charge in [-0.2, -0.15) is 42.1 Å². The summed E-state index contributed by atoms with van der Waals surface area (Å²) in [7, 11) is 0. The number of fused-ring (bicyclic) bond motifs is 3. The van der Waals surface area contributed by atoms with Gasteiger partial charge in [0.15, 0.2) is 15.5 Å². The number of imidazole rings is 3. The van der Waals surface area contributed by atoms with Gasteiger partial charge in [0.05, 0.1) is 70.6 Å². The van der Waals surface area contributed by atoms with Crippen LogP contribution in [0.15, 0.2) is 157 Å². The van der Waals surface area contributed by atoms with Crippen molar-refractivity contribution in [3.63, 3.8) is 0 Å². The fourth-order valence-electron chi connectivity index (χ4n) is 7.62. The van der Waals surface area contributed by atoms with Crippen molar-refractivity contribution in [1.82, 2.24) is 39.3 Å². The zero-order valence-corrected chi connectivity index (χ0v) is 52.0. The third-order valence-electron chi connectivity index (χ3n) is 11.2. The van der Waals surface area contributed by atoms with Crippen LogP contribution in [0.4, 0.5) is 26.3 Å². The predicted molar refractivity (Wildman–Crippen MR) is 299 cm³/mol. The van der Waals surface area contributed by atoms with Gasteiger partial charge in [-0.25, -0.2) is 24.5 Å². The van der Waals surface area contributed by atoms with Crippen molar-refractivity contribution in [3.05, 3.63) is 158 Å². The van der Waals surface area contributed by atoms with Gasteiger partial charge >= 0.3 is 79.1 Å². The van der Waals surface area contributed by atoms with E-state index in [1.165, 1.54) is 32.3 Å². The maximum absolute atomic E-state index is 13.6. The number of carbonyl (C=O) groups is 3. The second-order valence-electron chi connectivity index (χ2n) is 16.2. The van der Waals surface area contributed by atoms with Gasteiger partial charge in [-0.05, 0) is 119 Å². The first-order chi connectivity index (χ1) is 38.5. The quantitative estimate of drug-likeness (QED) is 0.0511. The number of nitrogens with one attached hydrogen (secondary N) is 2. The molecule has 0 unspecified atom stereocenters. The van der Waals surface area contributed by atoms with E-state index in [2.05, 4.69) is 91.6 Å². The van der Waals surface area contributed by atoms with Crippen LogP contribution in [0, 0.1) is 34.0 Å². The van der Waals surface area contributed by atoms with E-state index < -0.39 is 33.7 Å². The Morgan fingerprint density at radius 3 is 0.976 bits per heavy atom. The molecule has 1 fully saturated rings. The molecule has 1 saturated heterocycles. The molecular formula is C52H33Br3F6KN11O6S3.